The maximum atomic E-state index is 12.9. The standard InChI is InChI=1S/C22H22N4O3/c1-24-10-11-25(18-5-3-2-4-17(18)24)15-6-7-16-14(12-15)13-26(22(16)29)19-8-9-20(27)23-21(19)28/h2-7,12,19H,8-11,13H2,1H3,(H,23,27,28)/i11D. The van der Waals surface area contributed by atoms with Crippen molar-refractivity contribution in [3.8, 4) is 0 Å². The van der Waals surface area contributed by atoms with Crippen LogP contribution in [0.1, 0.15) is 30.1 Å². The number of piperidine rings is 1. The largest absolute Gasteiger partial charge is 0.371 e. The van der Waals surface area contributed by atoms with Crippen LogP contribution in [0.4, 0.5) is 17.1 Å². The molecule has 1 saturated heterocycles. The predicted molar refractivity (Wildman–Crippen MR) is 109 cm³/mol. The molecule has 3 aliphatic heterocycles. The second kappa shape index (κ2) is 6.62. The summed E-state index contributed by atoms with van der Waals surface area (Å²) in [6.45, 7) is 0.410. The number of hydrogen-bond acceptors (Lipinski definition) is 5. The van der Waals surface area contributed by atoms with Gasteiger partial charge in [-0.2, -0.15) is 0 Å². The topological polar surface area (TPSA) is 73.0 Å². The fourth-order valence-corrected chi connectivity index (χ4v) is 4.35. The van der Waals surface area contributed by atoms with Crippen LogP contribution in [-0.4, -0.2) is 48.8 Å². The summed E-state index contributed by atoms with van der Waals surface area (Å²) in [6, 6.07) is 13.0. The molecule has 29 heavy (non-hydrogen) atoms. The summed E-state index contributed by atoms with van der Waals surface area (Å²) in [5.74, 6) is -0.892. The molecule has 3 heterocycles. The highest BCUT2D eigenvalue weighted by molar-refractivity contribution is 6.05. The zero-order valence-electron chi connectivity index (χ0n) is 17.1. The molecule has 0 aromatic heterocycles. The number of amides is 3. The molecule has 1 fully saturated rings. The van der Waals surface area contributed by atoms with E-state index in [1.54, 1.807) is 11.0 Å². The Kier molecular flexibility index (Phi) is 3.78. The van der Waals surface area contributed by atoms with Crippen LogP contribution in [0.15, 0.2) is 42.5 Å². The Hall–Kier alpha value is -3.35. The van der Waals surface area contributed by atoms with Gasteiger partial charge in [-0.25, -0.2) is 0 Å². The highest BCUT2D eigenvalue weighted by Crippen LogP contribution is 2.38. The molecule has 0 radical (unpaired) electrons. The lowest BCUT2D eigenvalue weighted by atomic mass is 10.0. The molecule has 1 N–H and O–H groups in total. The van der Waals surface area contributed by atoms with Crippen molar-refractivity contribution >= 4 is 34.8 Å². The van der Waals surface area contributed by atoms with Gasteiger partial charge in [0.1, 0.15) is 6.04 Å². The number of imide groups is 1. The Morgan fingerprint density at radius 2 is 1.90 bits per heavy atom. The lowest BCUT2D eigenvalue weighted by molar-refractivity contribution is -0.136. The van der Waals surface area contributed by atoms with Crippen molar-refractivity contribution in [3.63, 3.8) is 0 Å². The van der Waals surface area contributed by atoms with Crippen LogP contribution >= 0.6 is 0 Å². The summed E-state index contributed by atoms with van der Waals surface area (Å²) in [5, 5.41) is 2.33. The van der Waals surface area contributed by atoms with Crippen LogP contribution in [0.2, 0.25) is 0 Å². The van der Waals surface area contributed by atoms with Crippen molar-refractivity contribution in [2.24, 2.45) is 0 Å². The molecule has 7 heteroatoms. The smallest absolute Gasteiger partial charge is 0.255 e. The quantitative estimate of drug-likeness (QED) is 0.793. The number of para-hydroxylation sites is 2. The minimum Gasteiger partial charge on any atom is -0.371 e. The SMILES string of the molecule is [2H]C1CN(C)c2ccccc2N1c1ccc2c(c1)CN(C1CCC(=O)NC1=O)C2=O. The first kappa shape index (κ1) is 16.6. The number of fused-ring (bicyclic) bond motifs is 2. The molecule has 148 valence electrons. The highest BCUT2D eigenvalue weighted by Gasteiger charge is 2.39. The average molecular weight is 391 g/mol. The first-order chi connectivity index (χ1) is 14.4. The van der Waals surface area contributed by atoms with Crippen LogP contribution < -0.4 is 15.1 Å². The molecule has 0 aliphatic carbocycles. The van der Waals surface area contributed by atoms with Gasteiger partial charge in [0, 0.05) is 44.3 Å². The first-order valence-electron chi connectivity index (χ1n) is 10.3. The van der Waals surface area contributed by atoms with Gasteiger partial charge in [-0.3, -0.25) is 19.7 Å². The molecule has 2 aromatic carbocycles. The van der Waals surface area contributed by atoms with Gasteiger partial charge in [0.25, 0.3) is 5.91 Å². The van der Waals surface area contributed by atoms with E-state index in [0.29, 0.717) is 25.1 Å². The summed E-state index contributed by atoms with van der Waals surface area (Å²) in [6.07, 6.45) is 0.582. The molecule has 5 rings (SSSR count). The van der Waals surface area contributed by atoms with Gasteiger partial charge >= 0.3 is 0 Å². The normalized spacial score (nSPS) is 24.2. The van der Waals surface area contributed by atoms with E-state index in [2.05, 4.69) is 10.2 Å². The zero-order chi connectivity index (χ0) is 21.0. The molecule has 2 aromatic rings. The third kappa shape index (κ3) is 2.85. The van der Waals surface area contributed by atoms with E-state index < -0.39 is 18.5 Å². The van der Waals surface area contributed by atoms with Crippen molar-refractivity contribution in [2.45, 2.75) is 25.4 Å². The molecule has 3 amide bonds. The van der Waals surface area contributed by atoms with Crippen molar-refractivity contribution in [2.75, 3.05) is 29.9 Å². The van der Waals surface area contributed by atoms with E-state index in [-0.39, 0.29) is 18.2 Å². The number of nitrogens with zero attached hydrogens (tertiary/aromatic N) is 3. The van der Waals surface area contributed by atoms with Crippen LogP contribution in [0.3, 0.4) is 0 Å². The number of rotatable bonds is 2. The lowest BCUT2D eigenvalue weighted by Crippen LogP contribution is -2.52. The number of carbonyl (C=O) groups excluding carboxylic acids is 3. The molecule has 3 aliphatic rings. The summed E-state index contributed by atoms with van der Waals surface area (Å²) in [5.41, 5.74) is 4.28. The Bertz CT molecular complexity index is 1070. The minimum absolute atomic E-state index is 0.188. The Labute approximate surface area is 170 Å². The first-order valence-corrected chi connectivity index (χ1v) is 9.73. The van der Waals surface area contributed by atoms with E-state index in [4.69, 9.17) is 1.37 Å². The van der Waals surface area contributed by atoms with Gasteiger partial charge in [0.05, 0.1) is 12.7 Å². The van der Waals surface area contributed by atoms with E-state index >= 15 is 0 Å². The second-order valence-corrected chi connectivity index (χ2v) is 7.66. The molecule has 0 bridgehead atoms. The van der Waals surface area contributed by atoms with Crippen LogP contribution in [0.5, 0.6) is 0 Å². The Morgan fingerprint density at radius 1 is 1.10 bits per heavy atom. The molecule has 0 spiro atoms. The fourth-order valence-electron chi connectivity index (χ4n) is 4.35. The maximum Gasteiger partial charge on any atom is 0.255 e. The third-order valence-electron chi connectivity index (χ3n) is 5.88. The van der Waals surface area contributed by atoms with Gasteiger partial charge in [0.2, 0.25) is 11.8 Å². The molecule has 0 saturated carbocycles. The van der Waals surface area contributed by atoms with Gasteiger partial charge in [-0.1, -0.05) is 12.1 Å². The van der Waals surface area contributed by atoms with E-state index in [9.17, 15) is 14.4 Å². The summed E-state index contributed by atoms with van der Waals surface area (Å²) in [7, 11) is 1.98. The van der Waals surface area contributed by atoms with Gasteiger partial charge in [-0.15, -0.1) is 0 Å². The van der Waals surface area contributed by atoms with E-state index in [1.165, 1.54) is 0 Å². The Balaban J connectivity index is 1.47. The summed E-state index contributed by atoms with van der Waals surface area (Å²) >= 11 is 0. The number of likely N-dealkylation sites (N-methyl/N-ethyl adjacent to an activating group) is 1. The molecular weight excluding hydrogens is 368 g/mol. The zero-order valence-corrected chi connectivity index (χ0v) is 16.1. The van der Waals surface area contributed by atoms with Crippen LogP contribution in [0, 0.1) is 0 Å². The second-order valence-electron chi connectivity index (χ2n) is 7.66. The van der Waals surface area contributed by atoms with Crippen molar-refractivity contribution < 1.29 is 15.8 Å². The number of hydrogen-bond donors (Lipinski definition) is 1. The summed E-state index contributed by atoms with van der Waals surface area (Å²) in [4.78, 5) is 42.2. The van der Waals surface area contributed by atoms with Gasteiger partial charge < -0.3 is 14.7 Å². The predicted octanol–water partition coefficient (Wildman–Crippen LogP) is 2.04. The molecule has 2 unspecified atom stereocenters. The average Bonchev–Trinajstić information content (AvgIpc) is 3.04. The Morgan fingerprint density at radius 3 is 2.69 bits per heavy atom. The molecule has 2 atom stereocenters. The lowest BCUT2D eigenvalue weighted by Gasteiger charge is -2.37. The van der Waals surface area contributed by atoms with Crippen LogP contribution in [0.25, 0.3) is 0 Å². The highest BCUT2D eigenvalue weighted by atomic mass is 16.2. The maximum absolute atomic E-state index is 12.9. The van der Waals surface area contributed by atoms with Crippen molar-refractivity contribution in [1.29, 1.82) is 0 Å². The van der Waals surface area contributed by atoms with Crippen molar-refractivity contribution in [3.05, 3.63) is 53.6 Å². The van der Waals surface area contributed by atoms with Gasteiger partial charge in [0.15, 0.2) is 0 Å². The number of nitrogens with one attached hydrogen (secondary N) is 1. The fraction of sp³-hybridized carbons (Fsp3) is 0.318. The van der Waals surface area contributed by atoms with Crippen molar-refractivity contribution in [1.82, 2.24) is 10.2 Å². The van der Waals surface area contributed by atoms with E-state index in [1.807, 2.05) is 48.3 Å². The summed E-state index contributed by atoms with van der Waals surface area (Å²) < 4.78 is 8.63. The number of anilines is 3. The minimum atomic E-state index is -0.626. The number of benzene rings is 2. The molecular formula is C22H22N4O3. The van der Waals surface area contributed by atoms with E-state index in [0.717, 1.165) is 22.6 Å². The third-order valence-corrected chi connectivity index (χ3v) is 5.88. The number of carbonyl (C=O) groups is 3. The van der Waals surface area contributed by atoms with Crippen LogP contribution in [-0.2, 0) is 16.1 Å². The monoisotopic (exact) mass is 391 g/mol. The molecule has 7 nitrogen and oxygen atoms in total. The van der Waals surface area contributed by atoms with Gasteiger partial charge in [-0.05, 0) is 42.3 Å².